The van der Waals surface area contributed by atoms with E-state index in [9.17, 15) is 0 Å². The Morgan fingerprint density at radius 3 is 1.23 bits per heavy atom. The summed E-state index contributed by atoms with van der Waals surface area (Å²) in [4.78, 5) is 16.1. The van der Waals surface area contributed by atoms with Crippen LogP contribution < -0.4 is 0 Å². The minimum absolute atomic E-state index is 0.583. The molecule has 3 heterocycles. The number of hydrogen-bond acceptors (Lipinski definition) is 3. The summed E-state index contributed by atoms with van der Waals surface area (Å²) in [6.45, 7) is 0. The normalized spacial score (nSPS) is 11.5. The fourth-order valence-corrected chi connectivity index (χ4v) is 11.0. The van der Waals surface area contributed by atoms with E-state index in [4.69, 9.17) is 15.0 Å². The fourth-order valence-electron chi connectivity index (χ4n) is 11.0. The molecule has 0 radical (unpaired) electrons. The summed E-state index contributed by atoms with van der Waals surface area (Å²) in [6, 6.07) is 97.1. The second-order valence-electron chi connectivity index (χ2n) is 18.7. The Labute approximate surface area is 428 Å². The van der Waals surface area contributed by atoms with E-state index in [1.807, 2.05) is 12.1 Å². The van der Waals surface area contributed by atoms with Crippen LogP contribution >= 0.6 is 0 Å². The number of fused-ring (bicyclic) bond motifs is 6. The van der Waals surface area contributed by atoms with Crippen molar-refractivity contribution in [2.45, 2.75) is 0 Å². The number of aromatic nitrogens is 5. The summed E-state index contributed by atoms with van der Waals surface area (Å²) in [5, 5.41) is 4.76. The maximum Gasteiger partial charge on any atom is 0.166 e. The summed E-state index contributed by atoms with van der Waals surface area (Å²) >= 11 is 0. The van der Waals surface area contributed by atoms with Crippen LogP contribution in [0.4, 0.5) is 0 Å². The average molecular weight is 944 g/mol. The first-order valence-corrected chi connectivity index (χ1v) is 25.1. The van der Waals surface area contributed by atoms with E-state index in [0.29, 0.717) is 17.5 Å². The van der Waals surface area contributed by atoms with Crippen LogP contribution in [-0.4, -0.2) is 24.1 Å². The Balaban J connectivity index is 1.02. The average Bonchev–Trinajstić information content (AvgIpc) is 4.05. The summed E-state index contributed by atoms with van der Waals surface area (Å²) in [5.41, 5.74) is 18.4. The highest BCUT2D eigenvalue weighted by Gasteiger charge is 2.24. The van der Waals surface area contributed by atoms with Gasteiger partial charge in [0.1, 0.15) is 0 Å². The van der Waals surface area contributed by atoms with E-state index in [0.717, 1.165) is 83.4 Å². The van der Waals surface area contributed by atoms with Gasteiger partial charge in [0.05, 0.1) is 27.8 Å². The van der Waals surface area contributed by atoms with Crippen LogP contribution in [0.5, 0.6) is 0 Å². The molecule has 0 aliphatic carbocycles. The number of nitrogens with zero attached hydrogens (tertiary/aromatic N) is 5. The third kappa shape index (κ3) is 7.37. The Hall–Kier alpha value is -9.97. The second kappa shape index (κ2) is 18.0. The van der Waals surface area contributed by atoms with Crippen molar-refractivity contribution in [3.8, 4) is 90.0 Å². The van der Waals surface area contributed by atoms with E-state index in [1.165, 1.54) is 32.8 Å². The van der Waals surface area contributed by atoms with E-state index in [-0.39, 0.29) is 0 Å². The zero-order valence-electron chi connectivity index (χ0n) is 40.2. The molecule has 11 aromatic carbocycles. The molecule has 0 amide bonds. The molecule has 5 nitrogen and oxygen atoms in total. The van der Waals surface area contributed by atoms with Gasteiger partial charge in [-0.25, -0.2) is 15.0 Å². The predicted molar refractivity (Wildman–Crippen MR) is 307 cm³/mol. The highest BCUT2D eigenvalue weighted by molar-refractivity contribution is 6.22. The van der Waals surface area contributed by atoms with Gasteiger partial charge in [-0.1, -0.05) is 212 Å². The number of hydrogen-bond donors (Lipinski definition) is 0. The van der Waals surface area contributed by atoms with Crippen LogP contribution in [0.3, 0.4) is 0 Å². The lowest BCUT2D eigenvalue weighted by Crippen LogP contribution is -2.04. The van der Waals surface area contributed by atoms with Crippen molar-refractivity contribution in [1.82, 2.24) is 24.1 Å². The van der Waals surface area contributed by atoms with Crippen molar-refractivity contribution >= 4 is 43.6 Å². The second-order valence-corrected chi connectivity index (χ2v) is 18.7. The van der Waals surface area contributed by atoms with Crippen molar-refractivity contribution in [3.63, 3.8) is 0 Å². The third-order valence-electron chi connectivity index (χ3n) is 14.4. The standard InChI is InChI=1S/C69H45N5/c1-5-21-46(22-6-1)49-27-17-29-52(43-49)67-70-68(53-30-18-28-50(44-53)47-23-7-2-8-24-47)72-69(71-67)59-34-14-16-38-61(59)74-63-40-20-36-56(66(63)58-42-41-51(45-64(58)74)48-25-9-3-10-26-48)55-35-19-39-62-65(55)57-33-13-15-37-60(57)73(62)54-31-11-4-12-32-54/h1-45H. The largest absolute Gasteiger partial charge is 0.309 e. The summed E-state index contributed by atoms with van der Waals surface area (Å²) in [5.74, 6) is 1.78. The minimum Gasteiger partial charge on any atom is -0.309 e. The van der Waals surface area contributed by atoms with Gasteiger partial charge in [-0.3, -0.25) is 0 Å². The van der Waals surface area contributed by atoms with E-state index in [2.05, 4.69) is 270 Å². The molecule has 0 N–H and O–H groups in total. The Kier molecular flexibility index (Phi) is 10.4. The maximum atomic E-state index is 5.43. The van der Waals surface area contributed by atoms with Crippen LogP contribution in [0.15, 0.2) is 273 Å². The molecule has 0 saturated carbocycles. The highest BCUT2D eigenvalue weighted by Crippen LogP contribution is 2.45. The quantitative estimate of drug-likeness (QED) is 0.145. The highest BCUT2D eigenvalue weighted by atomic mass is 15.1. The number of benzene rings is 11. The summed E-state index contributed by atoms with van der Waals surface area (Å²) in [6.07, 6.45) is 0. The lowest BCUT2D eigenvalue weighted by atomic mass is 9.95. The molecule has 0 saturated heterocycles. The van der Waals surface area contributed by atoms with Gasteiger partial charge >= 0.3 is 0 Å². The van der Waals surface area contributed by atoms with E-state index >= 15 is 0 Å². The van der Waals surface area contributed by atoms with Gasteiger partial charge in [0.25, 0.3) is 0 Å². The molecular weight excluding hydrogens is 899 g/mol. The smallest absolute Gasteiger partial charge is 0.166 e. The molecule has 14 rings (SSSR count). The molecule has 346 valence electrons. The van der Waals surface area contributed by atoms with Gasteiger partial charge in [-0.2, -0.15) is 0 Å². The van der Waals surface area contributed by atoms with Crippen molar-refractivity contribution in [2.75, 3.05) is 0 Å². The molecule has 0 aliphatic rings. The van der Waals surface area contributed by atoms with Crippen LogP contribution in [0.1, 0.15) is 0 Å². The molecule has 5 heteroatoms. The summed E-state index contributed by atoms with van der Waals surface area (Å²) < 4.78 is 4.82. The van der Waals surface area contributed by atoms with Crippen molar-refractivity contribution in [3.05, 3.63) is 273 Å². The molecule has 0 bridgehead atoms. The number of para-hydroxylation sites is 3. The van der Waals surface area contributed by atoms with Crippen LogP contribution in [-0.2, 0) is 0 Å². The van der Waals surface area contributed by atoms with Crippen molar-refractivity contribution < 1.29 is 0 Å². The topological polar surface area (TPSA) is 48.5 Å². The van der Waals surface area contributed by atoms with Crippen LogP contribution in [0.2, 0.25) is 0 Å². The van der Waals surface area contributed by atoms with Gasteiger partial charge in [0, 0.05) is 43.9 Å². The Morgan fingerprint density at radius 1 is 0.230 bits per heavy atom. The first-order valence-electron chi connectivity index (χ1n) is 25.1. The Bertz CT molecular complexity index is 4300. The molecule has 14 aromatic rings. The molecule has 3 aromatic heterocycles. The molecule has 0 fully saturated rings. The third-order valence-corrected chi connectivity index (χ3v) is 14.4. The van der Waals surface area contributed by atoms with E-state index < -0.39 is 0 Å². The molecule has 0 unspecified atom stereocenters. The zero-order chi connectivity index (χ0) is 49.0. The Morgan fingerprint density at radius 2 is 0.635 bits per heavy atom. The molecule has 0 spiro atoms. The predicted octanol–water partition coefficient (Wildman–Crippen LogP) is 17.7. The first-order chi connectivity index (χ1) is 36.7. The van der Waals surface area contributed by atoms with Gasteiger partial charge in [0.15, 0.2) is 17.5 Å². The van der Waals surface area contributed by atoms with Gasteiger partial charge < -0.3 is 9.13 Å². The minimum atomic E-state index is 0.583. The maximum absolute atomic E-state index is 5.43. The molecule has 0 aliphatic heterocycles. The van der Waals surface area contributed by atoms with Gasteiger partial charge in [-0.05, 0) is 105 Å². The van der Waals surface area contributed by atoms with Gasteiger partial charge in [-0.15, -0.1) is 0 Å². The SMILES string of the molecule is c1ccc(-c2cccc(-c3nc(-c4cccc(-c5ccccc5)c4)nc(-c4ccccc4-n4c5cc(-c6ccccc6)ccc5c5c(-c6cccc7c6c6ccccc6n7-c6ccccc6)cccc54)n3)c2)cc1. The monoisotopic (exact) mass is 943 g/mol. The zero-order valence-corrected chi connectivity index (χ0v) is 40.2. The fraction of sp³-hybridized carbons (Fsp3) is 0. The van der Waals surface area contributed by atoms with Crippen molar-refractivity contribution in [1.29, 1.82) is 0 Å². The molecule has 74 heavy (non-hydrogen) atoms. The molecule has 0 atom stereocenters. The van der Waals surface area contributed by atoms with Crippen LogP contribution in [0, 0.1) is 0 Å². The van der Waals surface area contributed by atoms with Crippen LogP contribution in [0.25, 0.3) is 134 Å². The number of rotatable bonds is 9. The van der Waals surface area contributed by atoms with E-state index in [1.54, 1.807) is 0 Å². The van der Waals surface area contributed by atoms with Crippen molar-refractivity contribution in [2.24, 2.45) is 0 Å². The summed E-state index contributed by atoms with van der Waals surface area (Å²) in [7, 11) is 0. The first kappa shape index (κ1) is 42.9. The molecular formula is C69H45N5. The lowest BCUT2D eigenvalue weighted by Gasteiger charge is -2.15. The lowest BCUT2D eigenvalue weighted by molar-refractivity contribution is 1.06. The van der Waals surface area contributed by atoms with Gasteiger partial charge in [0.2, 0.25) is 0 Å².